The molecule has 0 radical (unpaired) electrons. The Kier molecular flexibility index (Phi) is 3.25. The van der Waals surface area contributed by atoms with Crippen LogP contribution in [0, 0.1) is 0 Å². The van der Waals surface area contributed by atoms with Gasteiger partial charge in [0.15, 0.2) is 6.29 Å². The molecule has 2 heterocycles. The average Bonchev–Trinajstić information content (AvgIpc) is 2.82. The number of halogens is 1. The molecule has 0 N–H and O–H groups in total. The van der Waals surface area contributed by atoms with Crippen LogP contribution in [0.25, 0.3) is 10.6 Å². The molecule has 84 valence electrons. The standard InChI is InChI=1S/C11H11BrN2OS/c1-7(2)14-5-8(6-15)11(13-14)9-3-4-10(12)16-9/h3-7H,1-2H3. The molecule has 2 aromatic rings. The Morgan fingerprint density at radius 3 is 2.75 bits per heavy atom. The van der Waals surface area contributed by atoms with Crippen molar-refractivity contribution in [2.45, 2.75) is 19.9 Å². The van der Waals surface area contributed by atoms with E-state index in [2.05, 4.69) is 21.0 Å². The fraction of sp³-hybridized carbons (Fsp3) is 0.273. The summed E-state index contributed by atoms with van der Waals surface area (Å²) in [6.07, 6.45) is 2.65. The van der Waals surface area contributed by atoms with Crippen molar-refractivity contribution in [2.75, 3.05) is 0 Å². The first-order valence-corrected chi connectivity index (χ1v) is 6.53. The van der Waals surface area contributed by atoms with E-state index in [0.717, 1.165) is 20.6 Å². The number of aromatic nitrogens is 2. The highest BCUT2D eigenvalue weighted by atomic mass is 79.9. The summed E-state index contributed by atoms with van der Waals surface area (Å²) in [5, 5.41) is 4.44. The summed E-state index contributed by atoms with van der Waals surface area (Å²) < 4.78 is 2.85. The van der Waals surface area contributed by atoms with Gasteiger partial charge in [-0.05, 0) is 41.9 Å². The zero-order valence-electron chi connectivity index (χ0n) is 8.98. The molecule has 0 saturated carbocycles. The summed E-state index contributed by atoms with van der Waals surface area (Å²) in [5.74, 6) is 0. The molecule has 0 amide bonds. The van der Waals surface area contributed by atoms with Gasteiger partial charge in [0.05, 0.1) is 14.2 Å². The van der Waals surface area contributed by atoms with Crippen LogP contribution in [0.3, 0.4) is 0 Å². The lowest BCUT2D eigenvalue weighted by Crippen LogP contribution is -2.00. The van der Waals surface area contributed by atoms with Gasteiger partial charge in [0.25, 0.3) is 0 Å². The van der Waals surface area contributed by atoms with Crippen molar-refractivity contribution in [1.29, 1.82) is 0 Å². The highest BCUT2D eigenvalue weighted by Crippen LogP contribution is 2.32. The van der Waals surface area contributed by atoms with Crippen LogP contribution in [0.2, 0.25) is 0 Å². The summed E-state index contributed by atoms with van der Waals surface area (Å²) in [4.78, 5) is 12.0. The third-order valence-electron chi connectivity index (χ3n) is 2.22. The van der Waals surface area contributed by atoms with Crippen LogP contribution >= 0.6 is 27.3 Å². The molecule has 5 heteroatoms. The van der Waals surface area contributed by atoms with Gasteiger partial charge in [-0.25, -0.2) is 0 Å². The largest absolute Gasteiger partial charge is 0.298 e. The number of aldehydes is 1. The Balaban J connectivity index is 2.51. The Morgan fingerprint density at radius 2 is 2.25 bits per heavy atom. The quantitative estimate of drug-likeness (QED) is 0.809. The first-order valence-electron chi connectivity index (χ1n) is 4.92. The number of hydrogen-bond acceptors (Lipinski definition) is 3. The molecule has 0 aliphatic rings. The van der Waals surface area contributed by atoms with Crippen molar-refractivity contribution < 1.29 is 4.79 Å². The smallest absolute Gasteiger partial charge is 0.153 e. The Hall–Kier alpha value is -0.940. The lowest BCUT2D eigenvalue weighted by molar-refractivity contribution is 0.112. The van der Waals surface area contributed by atoms with Crippen molar-refractivity contribution in [3.05, 3.63) is 27.7 Å². The molecule has 0 aliphatic carbocycles. The molecule has 0 spiro atoms. The van der Waals surface area contributed by atoms with Crippen LogP contribution in [-0.4, -0.2) is 16.1 Å². The molecular weight excluding hydrogens is 288 g/mol. The van der Waals surface area contributed by atoms with Gasteiger partial charge >= 0.3 is 0 Å². The summed E-state index contributed by atoms with van der Waals surface area (Å²) >= 11 is 4.98. The van der Waals surface area contributed by atoms with Gasteiger partial charge in [0.2, 0.25) is 0 Å². The number of rotatable bonds is 3. The zero-order valence-corrected chi connectivity index (χ0v) is 11.4. The van der Waals surface area contributed by atoms with Gasteiger partial charge in [-0.3, -0.25) is 9.48 Å². The second-order valence-corrected chi connectivity index (χ2v) is 6.19. The van der Waals surface area contributed by atoms with Crippen LogP contribution < -0.4 is 0 Å². The minimum absolute atomic E-state index is 0.260. The van der Waals surface area contributed by atoms with Crippen LogP contribution in [0.1, 0.15) is 30.2 Å². The monoisotopic (exact) mass is 298 g/mol. The molecule has 0 aromatic carbocycles. The lowest BCUT2D eigenvalue weighted by Gasteiger charge is -2.02. The third-order valence-corrected chi connectivity index (χ3v) is 3.85. The van der Waals surface area contributed by atoms with Crippen LogP contribution in [-0.2, 0) is 0 Å². The molecule has 0 aliphatic heterocycles. The van der Waals surface area contributed by atoms with E-state index in [0.29, 0.717) is 5.56 Å². The van der Waals surface area contributed by atoms with Crippen molar-refractivity contribution in [3.63, 3.8) is 0 Å². The normalized spacial score (nSPS) is 11.0. The molecule has 3 nitrogen and oxygen atoms in total. The van der Waals surface area contributed by atoms with Gasteiger partial charge in [-0.2, -0.15) is 5.10 Å². The van der Waals surface area contributed by atoms with Crippen LogP contribution in [0.15, 0.2) is 22.1 Å². The van der Waals surface area contributed by atoms with Crippen molar-refractivity contribution in [2.24, 2.45) is 0 Å². The maximum absolute atomic E-state index is 11.0. The number of thiophene rings is 1. The molecule has 0 bridgehead atoms. The first-order chi connectivity index (χ1) is 7.61. The molecule has 0 fully saturated rings. The molecular formula is C11H11BrN2OS. The minimum atomic E-state index is 0.260. The van der Waals surface area contributed by atoms with E-state index in [1.165, 1.54) is 0 Å². The molecule has 2 aromatic heterocycles. The Morgan fingerprint density at radius 1 is 1.50 bits per heavy atom. The maximum Gasteiger partial charge on any atom is 0.153 e. The van der Waals surface area contributed by atoms with E-state index in [-0.39, 0.29) is 6.04 Å². The van der Waals surface area contributed by atoms with Gasteiger partial charge < -0.3 is 0 Å². The minimum Gasteiger partial charge on any atom is -0.298 e. The van der Waals surface area contributed by atoms with E-state index in [4.69, 9.17) is 0 Å². The predicted molar refractivity (Wildman–Crippen MR) is 69.0 cm³/mol. The summed E-state index contributed by atoms with van der Waals surface area (Å²) in [6, 6.07) is 4.19. The summed E-state index contributed by atoms with van der Waals surface area (Å²) in [7, 11) is 0. The second-order valence-electron chi connectivity index (χ2n) is 3.73. The zero-order chi connectivity index (χ0) is 11.7. The Bertz CT molecular complexity index is 516. The van der Waals surface area contributed by atoms with Crippen LogP contribution in [0.5, 0.6) is 0 Å². The van der Waals surface area contributed by atoms with Crippen molar-refractivity contribution in [3.8, 4) is 10.6 Å². The van der Waals surface area contributed by atoms with E-state index in [9.17, 15) is 4.79 Å². The van der Waals surface area contributed by atoms with Gasteiger partial charge in [0.1, 0.15) is 5.69 Å². The molecule has 2 rings (SSSR count). The summed E-state index contributed by atoms with van der Waals surface area (Å²) in [5.41, 5.74) is 1.41. The molecule has 16 heavy (non-hydrogen) atoms. The highest BCUT2D eigenvalue weighted by molar-refractivity contribution is 9.11. The number of nitrogens with zero attached hydrogens (tertiary/aromatic N) is 2. The van der Waals surface area contributed by atoms with Gasteiger partial charge in [-0.1, -0.05) is 0 Å². The van der Waals surface area contributed by atoms with Crippen LogP contribution in [0.4, 0.5) is 0 Å². The highest BCUT2D eigenvalue weighted by Gasteiger charge is 2.13. The second kappa shape index (κ2) is 4.51. The van der Waals surface area contributed by atoms with Crippen molar-refractivity contribution in [1.82, 2.24) is 9.78 Å². The van der Waals surface area contributed by atoms with Crippen molar-refractivity contribution >= 4 is 33.6 Å². The lowest BCUT2D eigenvalue weighted by atomic mass is 10.2. The number of carbonyl (C=O) groups excluding carboxylic acids is 1. The third kappa shape index (κ3) is 2.10. The fourth-order valence-electron chi connectivity index (χ4n) is 1.39. The Labute approximate surface area is 106 Å². The van der Waals surface area contributed by atoms with E-state index >= 15 is 0 Å². The topological polar surface area (TPSA) is 34.9 Å². The van der Waals surface area contributed by atoms with Gasteiger partial charge in [0, 0.05) is 12.2 Å². The molecule has 0 unspecified atom stereocenters. The number of hydrogen-bond donors (Lipinski definition) is 0. The van der Waals surface area contributed by atoms with E-state index < -0.39 is 0 Å². The fourth-order valence-corrected chi connectivity index (χ4v) is 2.78. The number of carbonyl (C=O) groups is 1. The van der Waals surface area contributed by atoms with Gasteiger partial charge in [-0.15, -0.1) is 11.3 Å². The predicted octanol–water partition coefficient (Wildman–Crippen LogP) is 3.77. The van der Waals surface area contributed by atoms with E-state index in [1.807, 2.05) is 30.7 Å². The summed E-state index contributed by atoms with van der Waals surface area (Å²) in [6.45, 7) is 4.07. The average molecular weight is 299 g/mol. The first kappa shape index (κ1) is 11.5. The molecule has 0 atom stereocenters. The SMILES string of the molecule is CC(C)n1cc(C=O)c(-c2ccc(Br)s2)n1. The van der Waals surface area contributed by atoms with E-state index in [1.54, 1.807) is 17.5 Å². The molecule has 0 saturated heterocycles. The maximum atomic E-state index is 11.0.